The molecule has 0 aromatic heterocycles. The van der Waals surface area contributed by atoms with Gasteiger partial charge >= 0.3 is 0 Å². The first kappa shape index (κ1) is 21.3. The molecule has 0 bridgehead atoms. The quantitative estimate of drug-likeness (QED) is 0.767. The molecule has 27 heavy (non-hydrogen) atoms. The number of sulfonamides is 1. The number of hydrogen-bond acceptors (Lipinski definition) is 3. The highest BCUT2D eigenvalue weighted by molar-refractivity contribution is 7.92. The van der Waals surface area contributed by atoms with Gasteiger partial charge in [-0.3, -0.25) is 9.10 Å². The zero-order chi connectivity index (χ0) is 20.4. The number of aryl methyl sites for hydroxylation is 3. The number of nitrogens with one attached hydrogen (secondary N) is 1. The van der Waals surface area contributed by atoms with Crippen LogP contribution < -0.4 is 9.62 Å². The molecule has 0 aliphatic carbocycles. The summed E-state index contributed by atoms with van der Waals surface area (Å²) in [6, 6.07) is 9.88. The predicted octanol–water partition coefficient (Wildman–Crippen LogP) is 4.45. The highest BCUT2D eigenvalue weighted by atomic mass is 35.5. The summed E-state index contributed by atoms with van der Waals surface area (Å²) in [4.78, 5) is 13.0. The Morgan fingerprint density at radius 1 is 1.11 bits per heavy atom. The van der Waals surface area contributed by atoms with E-state index in [1.54, 1.807) is 31.2 Å². The molecule has 0 radical (unpaired) electrons. The lowest BCUT2D eigenvalue weighted by Crippen LogP contribution is -2.47. The lowest BCUT2D eigenvalue weighted by atomic mass is 10.1. The van der Waals surface area contributed by atoms with Gasteiger partial charge in [0.15, 0.2) is 0 Å². The van der Waals surface area contributed by atoms with Gasteiger partial charge in [-0.05, 0) is 62.1 Å². The second-order valence-electron chi connectivity index (χ2n) is 6.72. The molecule has 2 aromatic carbocycles. The first-order valence-corrected chi connectivity index (χ1v) is 10.9. The van der Waals surface area contributed by atoms with Gasteiger partial charge in [0.2, 0.25) is 15.9 Å². The Balaban J connectivity index is 2.48. The highest BCUT2D eigenvalue weighted by Crippen LogP contribution is 2.28. The second kappa shape index (κ2) is 8.31. The predicted molar refractivity (Wildman–Crippen MR) is 112 cm³/mol. The molecule has 2 aromatic rings. The molecule has 0 spiro atoms. The molecule has 146 valence electrons. The van der Waals surface area contributed by atoms with Crippen LogP contribution in [0, 0.1) is 20.8 Å². The van der Waals surface area contributed by atoms with Gasteiger partial charge < -0.3 is 5.32 Å². The fourth-order valence-corrected chi connectivity index (χ4v) is 4.37. The zero-order valence-corrected chi connectivity index (χ0v) is 17.8. The van der Waals surface area contributed by atoms with Crippen molar-refractivity contribution >= 4 is 38.9 Å². The number of carbonyl (C=O) groups is 1. The molecule has 0 saturated heterocycles. The van der Waals surface area contributed by atoms with Crippen LogP contribution in [0.4, 0.5) is 11.4 Å². The van der Waals surface area contributed by atoms with Crippen molar-refractivity contribution in [2.24, 2.45) is 0 Å². The Bertz CT molecular complexity index is 958. The largest absolute Gasteiger partial charge is 0.324 e. The molecule has 0 unspecified atom stereocenters. The van der Waals surface area contributed by atoms with Gasteiger partial charge in [0.1, 0.15) is 6.04 Å². The van der Waals surface area contributed by atoms with E-state index >= 15 is 0 Å². The van der Waals surface area contributed by atoms with E-state index in [0.717, 1.165) is 22.9 Å². The third-order valence-corrected chi connectivity index (χ3v) is 5.79. The van der Waals surface area contributed by atoms with Crippen molar-refractivity contribution in [1.82, 2.24) is 0 Å². The van der Waals surface area contributed by atoms with Gasteiger partial charge in [-0.15, -0.1) is 0 Å². The summed E-state index contributed by atoms with van der Waals surface area (Å²) in [6.07, 6.45) is 1.45. The van der Waals surface area contributed by atoms with Crippen molar-refractivity contribution < 1.29 is 13.2 Å². The number of nitrogens with zero attached hydrogens (tertiary/aromatic N) is 1. The number of carbonyl (C=O) groups excluding carboxylic acids is 1. The summed E-state index contributed by atoms with van der Waals surface area (Å²) in [7, 11) is -3.68. The monoisotopic (exact) mass is 408 g/mol. The Labute approximate surface area is 166 Å². The van der Waals surface area contributed by atoms with E-state index in [4.69, 9.17) is 11.6 Å². The fourth-order valence-electron chi connectivity index (χ4n) is 2.94. The highest BCUT2D eigenvalue weighted by Gasteiger charge is 2.32. The van der Waals surface area contributed by atoms with Gasteiger partial charge in [0.05, 0.1) is 11.9 Å². The van der Waals surface area contributed by atoms with E-state index in [1.807, 2.05) is 32.9 Å². The topological polar surface area (TPSA) is 66.5 Å². The average molecular weight is 409 g/mol. The molecule has 0 fully saturated rings. The maximum Gasteiger partial charge on any atom is 0.248 e. The summed E-state index contributed by atoms with van der Waals surface area (Å²) in [5.74, 6) is -0.394. The Hall–Kier alpha value is -2.05. The third-order valence-electron chi connectivity index (χ3n) is 4.39. The van der Waals surface area contributed by atoms with E-state index in [-0.39, 0.29) is 0 Å². The Morgan fingerprint density at radius 3 is 2.33 bits per heavy atom. The molecule has 1 amide bonds. The van der Waals surface area contributed by atoms with Crippen LogP contribution in [0.3, 0.4) is 0 Å². The number of benzene rings is 2. The van der Waals surface area contributed by atoms with E-state index in [9.17, 15) is 13.2 Å². The molecule has 2 rings (SSSR count). The summed E-state index contributed by atoms with van der Waals surface area (Å²) in [6.45, 7) is 7.36. The molecule has 0 saturated carbocycles. The number of amides is 1. The van der Waals surface area contributed by atoms with Crippen LogP contribution in [-0.2, 0) is 14.8 Å². The average Bonchev–Trinajstić information content (AvgIpc) is 2.57. The number of halogens is 1. The van der Waals surface area contributed by atoms with Crippen molar-refractivity contribution in [3.8, 4) is 0 Å². The lowest BCUT2D eigenvalue weighted by Gasteiger charge is -2.31. The Morgan fingerprint density at radius 2 is 1.74 bits per heavy atom. The van der Waals surface area contributed by atoms with Crippen LogP contribution in [-0.4, -0.2) is 26.6 Å². The fraction of sp³-hybridized carbons (Fsp3) is 0.350. The van der Waals surface area contributed by atoms with E-state index in [1.165, 1.54) is 4.31 Å². The van der Waals surface area contributed by atoms with E-state index < -0.39 is 22.0 Å². The third kappa shape index (κ3) is 5.02. The first-order valence-electron chi connectivity index (χ1n) is 8.68. The molecular weight excluding hydrogens is 384 g/mol. The summed E-state index contributed by atoms with van der Waals surface area (Å²) < 4.78 is 26.4. The molecule has 0 aliphatic heterocycles. The normalized spacial score (nSPS) is 12.5. The summed E-state index contributed by atoms with van der Waals surface area (Å²) in [5, 5.41) is 3.33. The zero-order valence-electron chi connectivity index (χ0n) is 16.2. The van der Waals surface area contributed by atoms with Crippen LogP contribution in [0.15, 0.2) is 36.4 Å². The van der Waals surface area contributed by atoms with Gasteiger partial charge in [-0.1, -0.05) is 36.7 Å². The van der Waals surface area contributed by atoms with E-state index in [0.29, 0.717) is 22.8 Å². The smallest absolute Gasteiger partial charge is 0.248 e. The number of anilines is 2. The molecule has 1 atom stereocenters. The SMILES string of the molecule is CC[C@H](C(=O)Nc1cc(Cl)ccc1C)N(c1cc(C)ccc1C)S(C)(=O)=O. The minimum Gasteiger partial charge on any atom is -0.324 e. The van der Waals surface area contributed by atoms with Gasteiger partial charge in [0.25, 0.3) is 0 Å². The van der Waals surface area contributed by atoms with Crippen LogP contribution in [0.5, 0.6) is 0 Å². The first-order chi connectivity index (χ1) is 12.5. The van der Waals surface area contributed by atoms with Crippen molar-refractivity contribution in [2.45, 2.75) is 40.2 Å². The number of hydrogen-bond donors (Lipinski definition) is 1. The van der Waals surface area contributed by atoms with Crippen LogP contribution in [0.1, 0.15) is 30.0 Å². The second-order valence-corrected chi connectivity index (χ2v) is 9.02. The lowest BCUT2D eigenvalue weighted by molar-refractivity contribution is -0.117. The standard InChI is InChI=1S/C20H25ClN2O3S/c1-6-18(20(24)22-17-12-16(21)10-9-14(17)3)23(27(5,25)26)19-11-13(2)7-8-15(19)4/h7-12,18H,6H2,1-5H3,(H,22,24)/t18-/m1/s1. The van der Waals surface area contributed by atoms with E-state index in [2.05, 4.69) is 5.32 Å². The van der Waals surface area contributed by atoms with Crippen LogP contribution >= 0.6 is 11.6 Å². The molecule has 1 N–H and O–H groups in total. The van der Waals surface area contributed by atoms with Crippen LogP contribution in [0.25, 0.3) is 0 Å². The van der Waals surface area contributed by atoms with Gasteiger partial charge in [-0.2, -0.15) is 0 Å². The summed E-state index contributed by atoms with van der Waals surface area (Å²) in [5.41, 5.74) is 3.64. The van der Waals surface area contributed by atoms with Crippen molar-refractivity contribution in [1.29, 1.82) is 0 Å². The molecule has 0 aliphatic rings. The maximum absolute atomic E-state index is 13.0. The molecule has 5 nitrogen and oxygen atoms in total. The van der Waals surface area contributed by atoms with Gasteiger partial charge in [0, 0.05) is 10.7 Å². The minimum absolute atomic E-state index is 0.325. The molecule has 0 heterocycles. The Kier molecular flexibility index (Phi) is 6.54. The molecule has 7 heteroatoms. The van der Waals surface area contributed by atoms with Crippen molar-refractivity contribution in [3.05, 3.63) is 58.1 Å². The maximum atomic E-state index is 13.0. The van der Waals surface area contributed by atoms with Crippen molar-refractivity contribution in [3.63, 3.8) is 0 Å². The van der Waals surface area contributed by atoms with Gasteiger partial charge in [-0.25, -0.2) is 8.42 Å². The number of rotatable bonds is 6. The minimum atomic E-state index is -3.68. The van der Waals surface area contributed by atoms with Crippen LogP contribution in [0.2, 0.25) is 5.02 Å². The molecular formula is C20H25ClN2O3S. The van der Waals surface area contributed by atoms with Crippen molar-refractivity contribution in [2.75, 3.05) is 15.9 Å². The summed E-state index contributed by atoms with van der Waals surface area (Å²) >= 11 is 6.03.